The van der Waals surface area contributed by atoms with Crippen molar-refractivity contribution in [2.75, 3.05) is 13.1 Å². The van der Waals surface area contributed by atoms with Gasteiger partial charge in [0.05, 0.1) is 13.1 Å². The molecule has 1 fully saturated rings. The van der Waals surface area contributed by atoms with Crippen LogP contribution in [-0.4, -0.2) is 18.7 Å². The predicted octanol–water partition coefficient (Wildman–Crippen LogP) is 1.35. The number of hydrogen-bond donors (Lipinski definition) is 2. The fourth-order valence-electron chi connectivity index (χ4n) is 1.51. The third kappa shape index (κ3) is 2.12. The molecule has 88 valence electrons. The second kappa shape index (κ2) is 3.95. The lowest BCUT2D eigenvalue weighted by molar-refractivity contribution is 0.109. The second-order valence-corrected chi connectivity index (χ2v) is 3.96. The minimum absolute atomic E-state index is 0.406. The first-order valence-electron chi connectivity index (χ1n) is 4.79. The zero-order valence-corrected chi connectivity index (χ0v) is 8.61. The van der Waals surface area contributed by atoms with Gasteiger partial charge in [-0.1, -0.05) is 0 Å². The third-order valence-electron chi connectivity index (χ3n) is 2.36. The van der Waals surface area contributed by atoms with Crippen LogP contribution >= 0.6 is 0 Å². The molecule has 0 aliphatic carbocycles. The van der Waals surface area contributed by atoms with Gasteiger partial charge in [0, 0.05) is 12.1 Å². The van der Waals surface area contributed by atoms with E-state index >= 15 is 0 Å². The number of benzene rings is 1. The van der Waals surface area contributed by atoms with Crippen molar-refractivity contribution >= 4 is 0 Å². The summed E-state index contributed by atoms with van der Waals surface area (Å²) in [7, 11) is 0. The molecule has 16 heavy (non-hydrogen) atoms. The Morgan fingerprint density at radius 3 is 2.12 bits per heavy atom. The standard InChI is InChI=1S/C10H11F3N2O/c1-10(4-14-15-5-10)16-9-7(12)2-6(11)3-8(9)13/h2-3,14-15H,4-5H2,1H3. The molecule has 0 bridgehead atoms. The lowest BCUT2D eigenvalue weighted by atomic mass is 10.1. The smallest absolute Gasteiger partial charge is 0.191 e. The van der Waals surface area contributed by atoms with Crippen LogP contribution in [0.15, 0.2) is 12.1 Å². The molecule has 3 nitrogen and oxygen atoms in total. The Bertz CT molecular complexity index is 382. The summed E-state index contributed by atoms with van der Waals surface area (Å²) >= 11 is 0. The molecule has 6 heteroatoms. The van der Waals surface area contributed by atoms with Crippen molar-refractivity contribution in [3.8, 4) is 5.75 Å². The van der Waals surface area contributed by atoms with Gasteiger partial charge in [0.15, 0.2) is 17.4 Å². The number of nitrogens with one attached hydrogen (secondary N) is 2. The van der Waals surface area contributed by atoms with E-state index < -0.39 is 28.8 Å². The van der Waals surface area contributed by atoms with E-state index in [1.165, 1.54) is 0 Å². The topological polar surface area (TPSA) is 33.3 Å². The molecule has 2 N–H and O–H groups in total. The summed E-state index contributed by atoms with van der Waals surface area (Å²) < 4.78 is 44.5. The molecular weight excluding hydrogens is 221 g/mol. The third-order valence-corrected chi connectivity index (χ3v) is 2.36. The summed E-state index contributed by atoms with van der Waals surface area (Å²) in [6, 6.07) is 1.19. The van der Waals surface area contributed by atoms with Crippen molar-refractivity contribution in [1.82, 2.24) is 10.9 Å². The van der Waals surface area contributed by atoms with E-state index in [1.807, 2.05) is 0 Å². The summed E-state index contributed by atoms with van der Waals surface area (Å²) in [4.78, 5) is 0. The number of halogens is 3. The highest BCUT2D eigenvalue weighted by atomic mass is 19.1. The summed E-state index contributed by atoms with van der Waals surface area (Å²) in [6.45, 7) is 2.51. The Morgan fingerprint density at radius 2 is 1.62 bits per heavy atom. The van der Waals surface area contributed by atoms with Crippen LogP contribution in [0.5, 0.6) is 5.75 Å². The number of hydrazine groups is 1. The average molecular weight is 232 g/mol. The first-order chi connectivity index (χ1) is 7.50. The molecule has 0 amide bonds. The molecule has 1 aromatic rings. The molecule has 0 saturated carbocycles. The Morgan fingerprint density at radius 1 is 1.12 bits per heavy atom. The zero-order valence-electron chi connectivity index (χ0n) is 8.61. The van der Waals surface area contributed by atoms with Gasteiger partial charge in [0.2, 0.25) is 0 Å². The second-order valence-electron chi connectivity index (χ2n) is 3.96. The molecule has 0 aromatic heterocycles. The Balaban J connectivity index is 2.27. The van der Waals surface area contributed by atoms with Gasteiger partial charge >= 0.3 is 0 Å². The molecule has 2 rings (SSSR count). The minimum Gasteiger partial charge on any atom is -0.479 e. The van der Waals surface area contributed by atoms with Crippen LogP contribution in [0.3, 0.4) is 0 Å². The normalized spacial score (nSPS) is 18.8. The lowest BCUT2D eigenvalue weighted by Crippen LogP contribution is -2.38. The van der Waals surface area contributed by atoms with E-state index in [0.29, 0.717) is 25.2 Å². The van der Waals surface area contributed by atoms with Crippen LogP contribution in [0.2, 0.25) is 0 Å². The summed E-state index contributed by atoms with van der Waals surface area (Å²) in [5.74, 6) is -3.58. The van der Waals surface area contributed by atoms with Crippen LogP contribution in [-0.2, 0) is 0 Å². The maximum atomic E-state index is 13.3. The quantitative estimate of drug-likeness (QED) is 0.807. The van der Waals surface area contributed by atoms with Crippen molar-refractivity contribution in [3.63, 3.8) is 0 Å². The van der Waals surface area contributed by atoms with Gasteiger partial charge in [0.25, 0.3) is 0 Å². The average Bonchev–Trinajstić information content (AvgIpc) is 2.59. The maximum Gasteiger partial charge on any atom is 0.191 e. The molecule has 0 atom stereocenters. The first kappa shape index (κ1) is 11.2. The fraction of sp³-hybridized carbons (Fsp3) is 0.400. The summed E-state index contributed by atoms with van der Waals surface area (Å²) in [5, 5.41) is 0. The maximum absolute atomic E-state index is 13.3. The van der Waals surface area contributed by atoms with Gasteiger partial charge in [-0.15, -0.1) is 0 Å². The highest BCUT2D eigenvalue weighted by Crippen LogP contribution is 2.27. The number of rotatable bonds is 2. The van der Waals surface area contributed by atoms with Crippen molar-refractivity contribution in [1.29, 1.82) is 0 Å². The van der Waals surface area contributed by atoms with Gasteiger partial charge in [-0.3, -0.25) is 10.9 Å². The molecule has 1 saturated heterocycles. The van der Waals surface area contributed by atoms with Crippen LogP contribution in [0.4, 0.5) is 13.2 Å². The molecule has 1 aliphatic heterocycles. The largest absolute Gasteiger partial charge is 0.479 e. The van der Waals surface area contributed by atoms with E-state index in [2.05, 4.69) is 10.9 Å². The van der Waals surface area contributed by atoms with Crippen molar-refractivity contribution < 1.29 is 17.9 Å². The van der Waals surface area contributed by atoms with E-state index in [9.17, 15) is 13.2 Å². The SMILES string of the molecule is CC1(Oc2c(F)cc(F)cc2F)CNNC1. The zero-order chi connectivity index (χ0) is 11.8. The van der Waals surface area contributed by atoms with E-state index in [4.69, 9.17) is 4.74 Å². The molecule has 0 spiro atoms. The Kier molecular flexibility index (Phi) is 2.77. The van der Waals surface area contributed by atoms with Crippen molar-refractivity contribution in [2.45, 2.75) is 12.5 Å². The molecule has 0 radical (unpaired) electrons. The highest BCUT2D eigenvalue weighted by Gasteiger charge is 2.32. The lowest BCUT2D eigenvalue weighted by Gasteiger charge is -2.24. The van der Waals surface area contributed by atoms with Gasteiger partial charge in [0.1, 0.15) is 11.4 Å². The Hall–Kier alpha value is -1.27. The van der Waals surface area contributed by atoms with Gasteiger partial charge in [-0.2, -0.15) is 0 Å². The van der Waals surface area contributed by atoms with Crippen molar-refractivity contribution in [2.24, 2.45) is 0 Å². The van der Waals surface area contributed by atoms with E-state index in [1.54, 1.807) is 6.92 Å². The van der Waals surface area contributed by atoms with Crippen LogP contribution in [0.25, 0.3) is 0 Å². The highest BCUT2D eigenvalue weighted by molar-refractivity contribution is 5.28. The van der Waals surface area contributed by atoms with E-state index in [-0.39, 0.29) is 0 Å². The molecule has 1 aliphatic rings. The van der Waals surface area contributed by atoms with Crippen LogP contribution in [0, 0.1) is 17.5 Å². The van der Waals surface area contributed by atoms with Gasteiger partial charge in [-0.25, -0.2) is 13.2 Å². The Labute approximate surface area is 90.6 Å². The predicted molar refractivity (Wildman–Crippen MR) is 51.4 cm³/mol. The van der Waals surface area contributed by atoms with E-state index in [0.717, 1.165) is 0 Å². The summed E-state index contributed by atoms with van der Waals surface area (Å²) in [5.41, 5.74) is 4.83. The molecule has 1 aromatic carbocycles. The number of hydrogen-bond acceptors (Lipinski definition) is 3. The first-order valence-corrected chi connectivity index (χ1v) is 4.79. The minimum atomic E-state index is -1.04. The monoisotopic (exact) mass is 232 g/mol. The fourth-order valence-corrected chi connectivity index (χ4v) is 1.51. The van der Waals surface area contributed by atoms with Crippen LogP contribution < -0.4 is 15.6 Å². The van der Waals surface area contributed by atoms with Gasteiger partial charge in [-0.05, 0) is 6.92 Å². The number of ether oxygens (including phenoxy) is 1. The van der Waals surface area contributed by atoms with Crippen LogP contribution in [0.1, 0.15) is 6.92 Å². The molecule has 1 heterocycles. The molecular formula is C10H11F3N2O. The van der Waals surface area contributed by atoms with Crippen molar-refractivity contribution in [3.05, 3.63) is 29.6 Å². The van der Waals surface area contributed by atoms with Gasteiger partial charge < -0.3 is 4.74 Å². The summed E-state index contributed by atoms with van der Waals surface area (Å²) in [6.07, 6.45) is 0. The molecule has 0 unspecified atom stereocenters.